The number of rotatable bonds is 11. The third-order valence-corrected chi connectivity index (χ3v) is 8.78. The van der Waals surface area contributed by atoms with E-state index in [4.69, 9.17) is 0 Å². The highest BCUT2D eigenvalue weighted by molar-refractivity contribution is 5.94. The Morgan fingerprint density at radius 1 is 0.921 bits per heavy atom. The fourth-order valence-corrected chi connectivity index (χ4v) is 6.19. The third-order valence-electron chi connectivity index (χ3n) is 8.78. The Labute approximate surface area is 226 Å². The molecule has 1 spiro atoms. The largest absolute Gasteiger partial charge is 0.348 e. The number of amides is 1. The second-order valence-corrected chi connectivity index (χ2v) is 11.4. The van der Waals surface area contributed by atoms with Crippen molar-refractivity contribution in [3.05, 3.63) is 71.8 Å². The predicted molar refractivity (Wildman–Crippen MR) is 149 cm³/mol. The predicted octanol–water partition coefficient (Wildman–Crippen LogP) is 4.70. The summed E-state index contributed by atoms with van der Waals surface area (Å²) in [6, 6.07) is 8.18. The lowest BCUT2D eigenvalue weighted by Gasteiger charge is -2.40. The molecule has 5 rings (SSSR count). The first-order chi connectivity index (χ1) is 18.6. The lowest BCUT2D eigenvalue weighted by Crippen LogP contribution is -2.43. The maximum Gasteiger partial charge on any atom is 0.253 e. The molecular weight excluding hydrogens is 474 g/mol. The van der Waals surface area contributed by atoms with Crippen molar-refractivity contribution in [2.45, 2.75) is 65.6 Å². The number of aromatic nitrogens is 4. The number of hydrogen-bond acceptors (Lipinski definition) is 5. The van der Waals surface area contributed by atoms with Gasteiger partial charge in [0, 0.05) is 56.5 Å². The minimum atomic E-state index is 0.177. The van der Waals surface area contributed by atoms with Gasteiger partial charge in [-0.15, -0.1) is 0 Å². The fourth-order valence-electron chi connectivity index (χ4n) is 6.19. The van der Waals surface area contributed by atoms with E-state index in [2.05, 4.69) is 60.6 Å². The zero-order valence-electron chi connectivity index (χ0n) is 23.0. The summed E-state index contributed by atoms with van der Waals surface area (Å²) in [6.45, 7) is 12.1. The van der Waals surface area contributed by atoms with Gasteiger partial charge in [-0.1, -0.05) is 38.8 Å². The van der Waals surface area contributed by atoms with Crippen LogP contribution in [0.15, 0.2) is 49.1 Å². The van der Waals surface area contributed by atoms with Crippen LogP contribution < -0.4 is 0 Å². The van der Waals surface area contributed by atoms with Gasteiger partial charge in [-0.2, -0.15) is 0 Å². The molecule has 0 aliphatic carbocycles. The SMILES string of the molecule is CCC(CC)CN1CCC2(CC1)CCN(C(=O)c1ccc(CN(Cc3ncc[nH]3)Cc3ncc[nH]3)cc1)C2. The molecule has 0 unspecified atom stereocenters. The normalized spacial score (nSPS) is 17.7. The van der Waals surface area contributed by atoms with Crippen LogP contribution in [0, 0.1) is 11.3 Å². The van der Waals surface area contributed by atoms with E-state index in [1.54, 1.807) is 12.4 Å². The highest BCUT2D eigenvalue weighted by Crippen LogP contribution is 2.41. The zero-order chi connectivity index (χ0) is 26.4. The van der Waals surface area contributed by atoms with Crippen molar-refractivity contribution in [1.29, 1.82) is 0 Å². The van der Waals surface area contributed by atoms with Crippen LogP contribution in [0.25, 0.3) is 0 Å². The van der Waals surface area contributed by atoms with Crippen molar-refractivity contribution in [1.82, 2.24) is 34.6 Å². The Bertz CT molecular complexity index is 1080. The highest BCUT2D eigenvalue weighted by Gasteiger charge is 2.42. The summed E-state index contributed by atoms with van der Waals surface area (Å²) in [4.78, 5) is 35.6. The van der Waals surface area contributed by atoms with E-state index in [-0.39, 0.29) is 5.91 Å². The molecule has 0 bridgehead atoms. The lowest BCUT2D eigenvalue weighted by atomic mass is 9.77. The average Bonchev–Trinajstić information content (AvgIpc) is 3.72. The summed E-state index contributed by atoms with van der Waals surface area (Å²) in [5.41, 5.74) is 2.28. The maximum absolute atomic E-state index is 13.4. The van der Waals surface area contributed by atoms with Gasteiger partial charge in [-0.05, 0) is 61.4 Å². The number of nitrogens with zero attached hydrogens (tertiary/aromatic N) is 5. The number of benzene rings is 1. The van der Waals surface area contributed by atoms with E-state index in [1.165, 1.54) is 50.9 Å². The smallest absolute Gasteiger partial charge is 0.253 e. The van der Waals surface area contributed by atoms with Crippen molar-refractivity contribution in [3.63, 3.8) is 0 Å². The van der Waals surface area contributed by atoms with Gasteiger partial charge in [0.2, 0.25) is 0 Å². The minimum Gasteiger partial charge on any atom is -0.348 e. The van der Waals surface area contributed by atoms with Gasteiger partial charge in [0.05, 0.1) is 13.1 Å². The molecular formula is C30H43N7O. The number of H-pyrrole nitrogens is 2. The second kappa shape index (κ2) is 12.3. The van der Waals surface area contributed by atoms with Crippen LogP contribution >= 0.6 is 0 Å². The molecule has 1 amide bonds. The molecule has 2 aromatic heterocycles. The summed E-state index contributed by atoms with van der Waals surface area (Å²) in [5, 5.41) is 0. The van der Waals surface area contributed by atoms with Crippen LogP contribution in [0.5, 0.6) is 0 Å². The van der Waals surface area contributed by atoms with E-state index in [9.17, 15) is 4.79 Å². The Hall–Kier alpha value is -2.97. The summed E-state index contributed by atoms with van der Waals surface area (Å²) in [5.74, 6) is 2.84. The van der Waals surface area contributed by atoms with E-state index in [1.807, 2.05) is 24.5 Å². The van der Waals surface area contributed by atoms with Crippen LogP contribution in [0.1, 0.15) is 73.5 Å². The van der Waals surface area contributed by atoms with Gasteiger partial charge in [-0.3, -0.25) is 9.69 Å². The average molecular weight is 518 g/mol. The number of carbonyl (C=O) groups is 1. The molecule has 204 valence electrons. The summed E-state index contributed by atoms with van der Waals surface area (Å²) < 4.78 is 0. The maximum atomic E-state index is 13.4. The summed E-state index contributed by atoms with van der Waals surface area (Å²) >= 11 is 0. The molecule has 2 saturated heterocycles. The standard InChI is InChI=1S/C30H43N7O/c1-3-24(4-2)19-35-16-9-30(10-17-35)11-18-37(23-30)29(38)26-7-5-25(6-8-26)20-36(21-27-31-12-13-32-27)22-28-33-14-15-34-28/h5-8,12-15,24H,3-4,9-11,16-23H2,1-2H3,(H,31,32)(H,33,34). The molecule has 2 aliphatic heterocycles. The summed E-state index contributed by atoms with van der Waals surface area (Å²) in [7, 11) is 0. The van der Waals surface area contributed by atoms with Crippen molar-refractivity contribution >= 4 is 5.91 Å². The molecule has 1 aromatic carbocycles. The first-order valence-corrected chi connectivity index (χ1v) is 14.4. The minimum absolute atomic E-state index is 0.177. The molecule has 3 aromatic rings. The number of hydrogen-bond donors (Lipinski definition) is 2. The van der Waals surface area contributed by atoms with Gasteiger partial charge in [-0.25, -0.2) is 9.97 Å². The number of carbonyl (C=O) groups excluding carboxylic acids is 1. The van der Waals surface area contributed by atoms with Gasteiger partial charge in [0.15, 0.2) is 0 Å². The molecule has 2 fully saturated rings. The highest BCUT2D eigenvalue weighted by atomic mass is 16.2. The van der Waals surface area contributed by atoms with E-state index in [0.717, 1.165) is 49.2 Å². The van der Waals surface area contributed by atoms with E-state index < -0.39 is 0 Å². The fraction of sp³-hybridized carbons (Fsp3) is 0.567. The number of piperidine rings is 1. The zero-order valence-corrected chi connectivity index (χ0v) is 23.0. The molecule has 8 nitrogen and oxygen atoms in total. The quantitative estimate of drug-likeness (QED) is 0.385. The monoisotopic (exact) mass is 517 g/mol. The number of nitrogens with one attached hydrogen (secondary N) is 2. The Kier molecular flexibility index (Phi) is 8.59. The van der Waals surface area contributed by atoms with Crippen molar-refractivity contribution in [2.24, 2.45) is 11.3 Å². The van der Waals surface area contributed by atoms with Crippen molar-refractivity contribution in [2.75, 3.05) is 32.7 Å². The van der Waals surface area contributed by atoms with E-state index in [0.29, 0.717) is 18.5 Å². The molecule has 4 heterocycles. The Balaban J connectivity index is 1.16. The first kappa shape index (κ1) is 26.6. The second-order valence-electron chi connectivity index (χ2n) is 11.4. The molecule has 2 N–H and O–H groups in total. The topological polar surface area (TPSA) is 84.2 Å². The Morgan fingerprint density at radius 2 is 1.53 bits per heavy atom. The van der Waals surface area contributed by atoms with Crippen LogP contribution in [0.3, 0.4) is 0 Å². The molecule has 38 heavy (non-hydrogen) atoms. The molecule has 8 heteroatoms. The van der Waals surface area contributed by atoms with Crippen molar-refractivity contribution < 1.29 is 4.79 Å². The van der Waals surface area contributed by atoms with Gasteiger partial charge >= 0.3 is 0 Å². The van der Waals surface area contributed by atoms with Gasteiger partial charge < -0.3 is 19.8 Å². The van der Waals surface area contributed by atoms with Gasteiger partial charge in [0.25, 0.3) is 5.91 Å². The first-order valence-electron chi connectivity index (χ1n) is 14.4. The van der Waals surface area contributed by atoms with Crippen LogP contribution in [0.4, 0.5) is 0 Å². The Morgan fingerprint density at radius 3 is 2.08 bits per heavy atom. The lowest BCUT2D eigenvalue weighted by molar-refractivity contribution is 0.0701. The summed E-state index contributed by atoms with van der Waals surface area (Å²) in [6.07, 6.45) is 13.4. The molecule has 2 aliphatic rings. The number of aromatic amines is 2. The third kappa shape index (κ3) is 6.53. The number of imidazole rings is 2. The molecule has 0 atom stereocenters. The van der Waals surface area contributed by atoms with Crippen molar-refractivity contribution in [3.8, 4) is 0 Å². The van der Waals surface area contributed by atoms with E-state index >= 15 is 0 Å². The van der Waals surface area contributed by atoms with Crippen LogP contribution in [-0.2, 0) is 19.6 Å². The van der Waals surface area contributed by atoms with Gasteiger partial charge in [0.1, 0.15) is 11.6 Å². The van der Waals surface area contributed by atoms with Crippen LogP contribution in [-0.4, -0.2) is 73.3 Å². The van der Waals surface area contributed by atoms with Crippen LogP contribution in [0.2, 0.25) is 0 Å². The molecule has 0 radical (unpaired) electrons. The molecule has 0 saturated carbocycles. The number of likely N-dealkylation sites (tertiary alicyclic amines) is 2.